The van der Waals surface area contributed by atoms with Crippen LogP contribution in [0.3, 0.4) is 0 Å². The molecule has 0 aromatic heterocycles. The van der Waals surface area contributed by atoms with Crippen LogP contribution in [0, 0.1) is 0 Å². The molecule has 3 nitrogen and oxygen atoms in total. The first-order chi connectivity index (χ1) is 7.11. The highest BCUT2D eigenvalue weighted by atomic mass is 16.3. The second kappa shape index (κ2) is 4.37. The van der Waals surface area contributed by atoms with Gasteiger partial charge >= 0.3 is 0 Å². The van der Waals surface area contributed by atoms with Crippen LogP contribution in [0.1, 0.15) is 0 Å². The molecule has 3 heteroatoms. The number of Topliss-reactive ketones (excluding diaryl/α,β-unsaturated/α-hetero) is 1. The zero-order valence-corrected chi connectivity index (χ0v) is 8.06. The predicted molar refractivity (Wildman–Crippen MR) is 57.3 cm³/mol. The zero-order valence-electron chi connectivity index (χ0n) is 8.06. The monoisotopic (exact) mass is 202 g/mol. The Balaban J connectivity index is 3.40. The van der Waals surface area contributed by atoms with Gasteiger partial charge in [-0.25, -0.2) is 0 Å². The summed E-state index contributed by atoms with van der Waals surface area (Å²) < 4.78 is 0. The number of hydrogen-bond acceptors (Lipinski definition) is 3. The summed E-state index contributed by atoms with van der Waals surface area (Å²) in [6, 6.07) is 0. The van der Waals surface area contributed by atoms with Crippen LogP contribution in [-0.2, 0) is 9.59 Å². The Morgan fingerprint density at radius 2 is 1.60 bits per heavy atom. The Hall–Kier alpha value is -2.16. The number of ketones is 2. The highest BCUT2D eigenvalue weighted by molar-refractivity contribution is 6.49. The van der Waals surface area contributed by atoms with Gasteiger partial charge in [0.1, 0.15) is 5.76 Å². The van der Waals surface area contributed by atoms with E-state index in [-0.39, 0.29) is 16.9 Å². The number of allylic oxidation sites excluding steroid dienone is 6. The van der Waals surface area contributed by atoms with Gasteiger partial charge < -0.3 is 5.11 Å². The minimum atomic E-state index is -0.734. The molecule has 15 heavy (non-hydrogen) atoms. The van der Waals surface area contributed by atoms with Gasteiger partial charge in [0.15, 0.2) is 0 Å². The molecule has 0 aromatic carbocycles. The largest absolute Gasteiger partial charge is 0.507 e. The molecule has 1 aliphatic carbocycles. The summed E-state index contributed by atoms with van der Waals surface area (Å²) in [5.74, 6) is -1.62. The number of aliphatic hydroxyl groups is 1. The van der Waals surface area contributed by atoms with Crippen molar-refractivity contribution in [3.05, 3.63) is 60.4 Å². The summed E-state index contributed by atoms with van der Waals surface area (Å²) in [6.07, 6.45) is 6.57. The van der Waals surface area contributed by atoms with Crippen LogP contribution in [0.25, 0.3) is 0 Å². The minimum Gasteiger partial charge on any atom is -0.507 e. The predicted octanol–water partition coefficient (Wildman–Crippen LogP) is 1.80. The molecule has 1 rings (SSSR count). The molecule has 0 bridgehead atoms. The number of carbonyl (C=O) groups excluding carboxylic acids is 2. The van der Waals surface area contributed by atoms with E-state index in [1.165, 1.54) is 24.3 Å². The molecule has 0 radical (unpaired) electrons. The molecule has 0 aliphatic heterocycles. The average Bonchev–Trinajstić information content (AvgIpc) is 2.20. The molecule has 0 aromatic rings. The van der Waals surface area contributed by atoms with Gasteiger partial charge in [-0.3, -0.25) is 9.59 Å². The van der Waals surface area contributed by atoms with Crippen molar-refractivity contribution in [3.8, 4) is 0 Å². The van der Waals surface area contributed by atoms with Crippen molar-refractivity contribution >= 4 is 11.6 Å². The molecule has 0 heterocycles. The Morgan fingerprint density at radius 1 is 1.07 bits per heavy atom. The summed E-state index contributed by atoms with van der Waals surface area (Å²) in [4.78, 5) is 22.6. The number of hydrogen-bond donors (Lipinski definition) is 1. The fourth-order valence-electron chi connectivity index (χ4n) is 1.24. The van der Waals surface area contributed by atoms with Crippen LogP contribution in [0.5, 0.6) is 0 Å². The molecule has 1 N–H and O–H groups in total. The first kappa shape index (κ1) is 10.9. The number of carbonyl (C=O) groups is 2. The normalized spacial score (nSPS) is 21.7. The van der Waals surface area contributed by atoms with Crippen molar-refractivity contribution in [2.75, 3.05) is 0 Å². The first-order valence-corrected chi connectivity index (χ1v) is 4.27. The van der Waals surface area contributed by atoms with Crippen molar-refractivity contribution in [3.63, 3.8) is 0 Å². The molecule has 0 saturated carbocycles. The van der Waals surface area contributed by atoms with Crippen LogP contribution in [-0.4, -0.2) is 16.7 Å². The molecular weight excluding hydrogens is 192 g/mol. The van der Waals surface area contributed by atoms with Crippen LogP contribution in [0.4, 0.5) is 0 Å². The summed E-state index contributed by atoms with van der Waals surface area (Å²) in [5, 5.41) is 9.48. The Labute approximate surface area is 87.4 Å². The van der Waals surface area contributed by atoms with Crippen LogP contribution < -0.4 is 0 Å². The van der Waals surface area contributed by atoms with E-state index in [4.69, 9.17) is 0 Å². The Kier molecular flexibility index (Phi) is 3.18. The van der Waals surface area contributed by atoms with Gasteiger partial charge in [0, 0.05) is 17.2 Å². The molecule has 0 saturated heterocycles. The van der Waals surface area contributed by atoms with Gasteiger partial charge in [0.05, 0.1) is 0 Å². The molecular formula is C12H10O3. The van der Waals surface area contributed by atoms with Crippen molar-refractivity contribution in [2.24, 2.45) is 0 Å². The molecule has 0 amide bonds. The molecule has 0 fully saturated rings. The van der Waals surface area contributed by atoms with E-state index in [2.05, 4.69) is 13.2 Å². The molecule has 76 valence electrons. The third kappa shape index (κ3) is 2.02. The summed E-state index contributed by atoms with van der Waals surface area (Å²) in [5.41, 5.74) is 0.421. The summed E-state index contributed by atoms with van der Waals surface area (Å²) >= 11 is 0. The third-order valence-corrected chi connectivity index (χ3v) is 1.87. The van der Waals surface area contributed by atoms with Crippen molar-refractivity contribution in [1.29, 1.82) is 0 Å². The van der Waals surface area contributed by atoms with Crippen molar-refractivity contribution in [1.82, 2.24) is 0 Å². The van der Waals surface area contributed by atoms with E-state index in [1.54, 1.807) is 0 Å². The number of aliphatic hydroxyl groups excluding tert-OH is 1. The van der Waals surface area contributed by atoms with Crippen LogP contribution in [0.2, 0.25) is 0 Å². The summed E-state index contributed by atoms with van der Waals surface area (Å²) in [6.45, 7) is 6.90. The smallest absolute Gasteiger partial charge is 0.233 e. The van der Waals surface area contributed by atoms with Gasteiger partial charge in [-0.2, -0.15) is 0 Å². The lowest BCUT2D eigenvalue weighted by Gasteiger charge is -2.13. The average molecular weight is 202 g/mol. The third-order valence-electron chi connectivity index (χ3n) is 1.87. The van der Waals surface area contributed by atoms with Gasteiger partial charge in [-0.1, -0.05) is 37.5 Å². The lowest BCUT2D eigenvalue weighted by atomic mass is 9.91. The maximum absolute atomic E-state index is 11.4. The topological polar surface area (TPSA) is 54.4 Å². The van der Waals surface area contributed by atoms with E-state index in [1.807, 2.05) is 0 Å². The van der Waals surface area contributed by atoms with Gasteiger partial charge in [0.25, 0.3) is 0 Å². The quantitative estimate of drug-likeness (QED) is 0.548. The van der Waals surface area contributed by atoms with E-state index in [0.717, 1.165) is 6.08 Å². The molecule has 0 atom stereocenters. The maximum atomic E-state index is 11.4. The Bertz CT molecular complexity index is 418. The minimum absolute atomic E-state index is 0.134. The standard InChI is InChI=1S/C12H10O3/c1-3-5-8-9(6-4-2)12(15)11(14)7-10(8)13/h3-7,13H,1-2H2/b8-5+,9-6+. The van der Waals surface area contributed by atoms with Gasteiger partial charge in [-0.15, -0.1) is 0 Å². The molecule has 0 unspecified atom stereocenters. The van der Waals surface area contributed by atoms with Crippen molar-refractivity contribution in [2.45, 2.75) is 0 Å². The second-order valence-electron chi connectivity index (χ2n) is 2.86. The highest BCUT2D eigenvalue weighted by Gasteiger charge is 2.27. The van der Waals surface area contributed by atoms with Gasteiger partial charge in [-0.05, 0) is 0 Å². The zero-order chi connectivity index (χ0) is 11.4. The second-order valence-corrected chi connectivity index (χ2v) is 2.86. The molecule has 0 spiro atoms. The fraction of sp³-hybridized carbons (Fsp3) is 0. The first-order valence-electron chi connectivity index (χ1n) is 4.27. The van der Waals surface area contributed by atoms with E-state index in [0.29, 0.717) is 0 Å². The van der Waals surface area contributed by atoms with E-state index < -0.39 is 11.6 Å². The van der Waals surface area contributed by atoms with Crippen molar-refractivity contribution < 1.29 is 14.7 Å². The summed E-state index contributed by atoms with van der Waals surface area (Å²) in [7, 11) is 0. The van der Waals surface area contributed by atoms with E-state index in [9.17, 15) is 14.7 Å². The SMILES string of the molecule is C=C/C=C1/C(=O)C(=O)C=C(O)/C1=C/C=C. The van der Waals surface area contributed by atoms with Crippen LogP contribution >= 0.6 is 0 Å². The molecule has 1 aliphatic rings. The fourth-order valence-corrected chi connectivity index (χ4v) is 1.24. The maximum Gasteiger partial charge on any atom is 0.233 e. The highest BCUT2D eigenvalue weighted by Crippen LogP contribution is 2.23. The van der Waals surface area contributed by atoms with Gasteiger partial charge in [0.2, 0.25) is 11.6 Å². The lowest BCUT2D eigenvalue weighted by Crippen LogP contribution is -2.21. The lowest BCUT2D eigenvalue weighted by molar-refractivity contribution is -0.131. The van der Waals surface area contributed by atoms with Crippen LogP contribution in [0.15, 0.2) is 60.4 Å². The van der Waals surface area contributed by atoms with E-state index >= 15 is 0 Å². The number of rotatable bonds is 2. The Morgan fingerprint density at radius 3 is 2.13 bits per heavy atom.